The fraction of sp³-hybridized carbons (Fsp3) is 1.00. The summed E-state index contributed by atoms with van der Waals surface area (Å²) < 4.78 is 4.81. The minimum absolute atomic E-state index is 0.117. The molecule has 0 saturated heterocycles. The summed E-state index contributed by atoms with van der Waals surface area (Å²) in [5.74, 6) is 0. The van der Waals surface area contributed by atoms with E-state index >= 15 is 0 Å². The van der Waals surface area contributed by atoms with Crippen molar-refractivity contribution in [3.63, 3.8) is 0 Å². The maximum Gasteiger partial charge on any atom is 0.0812 e. The van der Waals surface area contributed by atoms with Crippen LogP contribution in [0.4, 0.5) is 0 Å². The van der Waals surface area contributed by atoms with Gasteiger partial charge in [-0.25, -0.2) is 0 Å². The number of rotatable bonds is 4. The molecule has 3 heteroatoms. The summed E-state index contributed by atoms with van der Waals surface area (Å²) in [6, 6.07) is 0. The van der Waals surface area contributed by atoms with Gasteiger partial charge in [0.25, 0.3) is 0 Å². The summed E-state index contributed by atoms with van der Waals surface area (Å²) in [5, 5.41) is 0. The fourth-order valence-corrected chi connectivity index (χ4v) is 0.411. The molecule has 0 heterocycles. The average Bonchev–Trinajstić information content (AvgIpc) is 1.78. The van der Waals surface area contributed by atoms with E-state index in [4.69, 9.17) is 9.57 Å². The van der Waals surface area contributed by atoms with Gasteiger partial charge in [-0.3, -0.25) is 4.84 Å². The van der Waals surface area contributed by atoms with Crippen molar-refractivity contribution in [2.45, 2.75) is 26.4 Å². The predicted molar refractivity (Wildman–Crippen MR) is 40.7 cm³/mol. The lowest BCUT2D eigenvalue weighted by atomic mass is 10.2. The fourth-order valence-electron chi connectivity index (χ4n) is 0.411. The molecule has 0 bridgehead atoms. The van der Waals surface area contributed by atoms with Gasteiger partial charge in [0.2, 0.25) is 0 Å². The summed E-state index contributed by atoms with van der Waals surface area (Å²) in [5.41, 5.74) is 2.68. The van der Waals surface area contributed by atoms with Crippen LogP contribution in [0.25, 0.3) is 0 Å². The number of hydrogen-bond donors (Lipinski definition) is 1. The number of nitrogens with one attached hydrogen (secondary N) is 1. The molecule has 0 aromatic heterocycles. The highest BCUT2D eigenvalue weighted by Gasteiger charge is 2.08. The van der Waals surface area contributed by atoms with Crippen molar-refractivity contribution in [3.05, 3.63) is 0 Å². The van der Waals surface area contributed by atoms with Crippen molar-refractivity contribution in [2.24, 2.45) is 0 Å². The van der Waals surface area contributed by atoms with Crippen molar-refractivity contribution in [3.8, 4) is 0 Å². The summed E-state index contributed by atoms with van der Waals surface area (Å²) in [7, 11) is 1.67. The molecule has 0 aliphatic rings. The highest BCUT2D eigenvalue weighted by atomic mass is 16.7. The molecule has 62 valence electrons. The monoisotopic (exact) mass is 147 g/mol. The van der Waals surface area contributed by atoms with Gasteiger partial charge in [0.05, 0.1) is 12.2 Å². The van der Waals surface area contributed by atoms with Gasteiger partial charge in [-0.05, 0) is 20.8 Å². The predicted octanol–water partition coefficient (Wildman–Crippen LogP) is 0.952. The number of methoxy groups -OCH3 is 1. The van der Waals surface area contributed by atoms with Crippen LogP contribution in [0.1, 0.15) is 20.8 Å². The Morgan fingerprint density at radius 2 is 1.90 bits per heavy atom. The van der Waals surface area contributed by atoms with Crippen LogP contribution in [-0.4, -0.2) is 25.9 Å². The van der Waals surface area contributed by atoms with Gasteiger partial charge in [0.1, 0.15) is 0 Å². The maximum atomic E-state index is 5.20. The van der Waals surface area contributed by atoms with Crippen LogP contribution >= 0.6 is 0 Å². The molecule has 3 nitrogen and oxygen atoms in total. The van der Waals surface area contributed by atoms with Gasteiger partial charge in [-0.15, -0.1) is 0 Å². The van der Waals surface area contributed by atoms with Crippen molar-refractivity contribution >= 4 is 0 Å². The van der Waals surface area contributed by atoms with E-state index in [1.165, 1.54) is 0 Å². The van der Waals surface area contributed by atoms with Gasteiger partial charge in [-0.2, -0.15) is 5.48 Å². The topological polar surface area (TPSA) is 30.5 Å². The molecular weight excluding hydrogens is 130 g/mol. The highest BCUT2D eigenvalue weighted by Crippen LogP contribution is 2.02. The first-order chi connectivity index (χ1) is 4.56. The number of hydroxylamine groups is 1. The molecule has 1 N–H and O–H groups in total. The molecule has 0 atom stereocenters. The lowest BCUT2D eigenvalue weighted by Crippen LogP contribution is -2.31. The Labute approximate surface area is 62.7 Å². The van der Waals surface area contributed by atoms with E-state index in [9.17, 15) is 0 Å². The van der Waals surface area contributed by atoms with Crippen LogP contribution in [0.5, 0.6) is 0 Å². The molecule has 0 amide bonds. The summed E-state index contributed by atoms with van der Waals surface area (Å²) in [6.07, 6.45) is 0. The van der Waals surface area contributed by atoms with Crippen molar-refractivity contribution in [1.82, 2.24) is 5.48 Å². The third-order valence-electron chi connectivity index (χ3n) is 0.787. The molecule has 0 aromatic rings. The zero-order chi connectivity index (χ0) is 8.04. The lowest BCUT2D eigenvalue weighted by Gasteiger charge is -2.18. The molecular formula is C7H17NO2. The minimum atomic E-state index is -0.117. The Morgan fingerprint density at radius 1 is 1.30 bits per heavy atom. The Morgan fingerprint density at radius 3 is 2.30 bits per heavy atom. The van der Waals surface area contributed by atoms with E-state index in [1.807, 2.05) is 20.8 Å². The quantitative estimate of drug-likeness (QED) is 0.474. The van der Waals surface area contributed by atoms with Gasteiger partial charge in [0, 0.05) is 13.7 Å². The second-order valence-electron chi connectivity index (χ2n) is 3.10. The molecule has 0 aliphatic heterocycles. The van der Waals surface area contributed by atoms with E-state index in [1.54, 1.807) is 7.11 Å². The normalized spacial score (nSPS) is 12.0. The molecule has 0 radical (unpaired) electrons. The Bertz CT molecular complexity index is 78.2. The van der Waals surface area contributed by atoms with Crippen LogP contribution in [0.15, 0.2) is 0 Å². The number of ether oxygens (including phenoxy) is 1. The van der Waals surface area contributed by atoms with Gasteiger partial charge in [0.15, 0.2) is 0 Å². The second-order valence-corrected chi connectivity index (χ2v) is 3.10. The van der Waals surface area contributed by atoms with Crippen LogP contribution in [0, 0.1) is 0 Å². The first-order valence-electron chi connectivity index (χ1n) is 3.46. The van der Waals surface area contributed by atoms with Gasteiger partial charge in [-0.1, -0.05) is 0 Å². The average molecular weight is 147 g/mol. The summed E-state index contributed by atoms with van der Waals surface area (Å²) >= 11 is 0. The Kier molecular flexibility index (Phi) is 4.60. The number of hydrogen-bond acceptors (Lipinski definition) is 3. The zero-order valence-electron chi connectivity index (χ0n) is 7.23. The summed E-state index contributed by atoms with van der Waals surface area (Å²) in [6.45, 7) is 7.39. The maximum absolute atomic E-state index is 5.20. The summed E-state index contributed by atoms with van der Waals surface area (Å²) in [4.78, 5) is 5.20. The Hall–Kier alpha value is -0.120. The van der Waals surface area contributed by atoms with E-state index in [0.29, 0.717) is 6.61 Å². The van der Waals surface area contributed by atoms with Crippen molar-refractivity contribution in [2.75, 3.05) is 20.3 Å². The molecule has 10 heavy (non-hydrogen) atoms. The van der Waals surface area contributed by atoms with E-state index in [2.05, 4.69) is 5.48 Å². The molecule has 0 fully saturated rings. The molecule has 0 aromatic carbocycles. The highest BCUT2D eigenvalue weighted by molar-refractivity contribution is 4.56. The standard InChI is InChI=1S/C7H17NO2/c1-7(2,3)10-8-5-6-9-4/h8H,5-6H2,1-4H3. The van der Waals surface area contributed by atoms with Crippen LogP contribution in [-0.2, 0) is 9.57 Å². The molecule has 0 aliphatic carbocycles. The third kappa shape index (κ3) is 7.88. The third-order valence-corrected chi connectivity index (χ3v) is 0.787. The zero-order valence-corrected chi connectivity index (χ0v) is 7.23. The molecule has 0 saturated carbocycles. The van der Waals surface area contributed by atoms with E-state index in [-0.39, 0.29) is 5.60 Å². The van der Waals surface area contributed by atoms with Gasteiger partial charge < -0.3 is 4.74 Å². The van der Waals surface area contributed by atoms with Crippen molar-refractivity contribution in [1.29, 1.82) is 0 Å². The van der Waals surface area contributed by atoms with Crippen molar-refractivity contribution < 1.29 is 9.57 Å². The largest absolute Gasteiger partial charge is 0.383 e. The molecule has 0 spiro atoms. The van der Waals surface area contributed by atoms with E-state index < -0.39 is 0 Å². The lowest BCUT2D eigenvalue weighted by molar-refractivity contribution is -0.0772. The molecule has 0 rings (SSSR count). The smallest absolute Gasteiger partial charge is 0.0812 e. The second kappa shape index (κ2) is 4.66. The van der Waals surface area contributed by atoms with Gasteiger partial charge >= 0.3 is 0 Å². The van der Waals surface area contributed by atoms with Crippen LogP contribution < -0.4 is 5.48 Å². The SMILES string of the molecule is COCCNOC(C)(C)C. The molecule has 0 unspecified atom stereocenters. The van der Waals surface area contributed by atoms with Crippen LogP contribution in [0.3, 0.4) is 0 Å². The van der Waals surface area contributed by atoms with E-state index in [0.717, 1.165) is 6.54 Å². The minimum Gasteiger partial charge on any atom is -0.383 e. The van der Waals surface area contributed by atoms with Crippen LogP contribution in [0.2, 0.25) is 0 Å². The first kappa shape index (κ1) is 9.88. The Balaban J connectivity index is 3.04. The first-order valence-corrected chi connectivity index (χ1v) is 3.46.